The van der Waals surface area contributed by atoms with E-state index in [-0.39, 0.29) is 28.2 Å². The topological polar surface area (TPSA) is 66.8 Å². The lowest BCUT2D eigenvalue weighted by Gasteiger charge is -2.39. The van der Waals surface area contributed by atoms with E-state index in [0.29, 0.717) is 22.6 Å². The van der Waals surface area contributed by atoms with Crippen LogP contribution in [-0.2, 0) is 9.53 Å². The zero-order valence-electron chi connectivity index (χ0n) is 23.0. The summed E-state index contributed by atoms with van der Waals surface area (Å²) in [5, 5.41) is 10.1. The number of anilines is 1. The molecule has 1 amide bonds. The van der Waals surface area contributed by atoms with Crippen molar-refractivity contribution in [1.82, 2.24) is 0 Å². The summed E-state index contributed by atoms with van der Waals surface area (Å²) in [6.45, 7) is 9.04. The van der Waals surface area contributed by atoms with Crippen molar-refractivity contribution in [2.24, 2.45) is 17.3 Å². The van der Waals surface area contributed by atoms with Gasteiger partial charge in [-0.3, -0.25) is 4.79 Å². The standard InChI is InChI=1S/C31H43NO4S/c1-21-9-13-23(14-10-21)29(33)32(24-15-11-22(12-16-24)20-36-25-7-5-6-8-25)27-19-26(17-18-31(2,3)4)37-28(27)30(34)35/h9,19,22-25H,5-8,10-16,20H2,1-4H3,(H,34,35)/t22-,23-,24-/m0/s1. The number of nitrogens with zero attached hydrogens (tertiary/aromatic N) is 1. The molecule has 1 aromatic rings. The number of carbonyl (C=O) groups excluding carboxylic acids is 1. The van der Waals surface area contributed by atoms with Crippen LogP contribution in [0.5, 0.6) is 0 Å². The van der Waals surface area contributed by atoms with Crippen molar-refractivity contribution in [2.75, 3.05) is 11.5 Å². The highest BCUT2D eigenvalue weighted by Gasteiger charge is 2.37. The molecule has 2 saturated carbocycles. The van der Waals surface area contributed by atoms with Crippen LogP contribution in [-0.4, -0.2) is 35.7 Å². The Balaban J connectivity index is 1.57. The smallest absolute Gasteiger partial charge is 0.348 e. The number of hydrogen-bond donors (Lipinski definition) is 1. The number of carboxylic acids is 1. The van der Waals surface area contributed by atoms with Crippen LogP contribution in [0.15, 0.2) is 17.7 Å². The predicted molar refractivity (Wildman–Crippen MR) is 150 cm³/mol. The number of thiophene rings is 1. The van der Waals surface area contributed by atoms with E-state index in [1.165, 1.54) is 42.6 Å². The van der Waals surface area contributed by atoms with Crippen LogP contribution in [0.4, 0.5) is 5.69 Å². The van der Waals surface area contributed by atoms with Crippen LogP contribution in [0.25, 0.3) is 0 Å². The molecule has 4 rings (SSSR count). The lowest BCUT2D eigenvalue weighted by atomic mass is 9.83. The van der Waals surface area contributed by atoms with Gasteiger partial charge >= 0.3 is 5.97 Å². The van der Waals surface area contributed by atoms with Gasteiger partial charge in [0.15, 0.2) is 0 Å². The summed E-state index contributed by atoms with van der Waals surface area (Å²) in [5.74, 6) is 5.90. The van der Waals surface area contributed by atoms with Crippen molar-refractivity contribution in [1.29, 1.82) is 0 Å². The molecule has 1 atom stereocenters. The predicted octanol–water partition coefficient (Wildman–Crippen LogP) is 7.44. The molecule has 3 aliphatic rings. The number of ether oxygens (including phenoxy) is 1. The molecule has 0 aromatic carbocycles. The maximum atomic E-state index is 14.0. The first kappa shape index (κ1) is 27.9. The van der Waals surface area contributed by atoms with Crippen LogP contribution >= 0.6 is 11.3 Å². The number of hydrogen-bond acceptors (Lipinski definition) is 4. The van der Waals surface area contributed by atoms with Crippen molar-refractivity contribution in [2.45, 2.75) is 110 Å². The second-order valence-corrected chi connectivity index (χ2v) is 13.3. The molecule has 0 saturated heterocycles. The molecule has 0 bridgehead atoms. The van der Waals surface area contributed by atoms with Gasteiger partial charge in [-0.05, 0) is 97.5 Å². The number of allylic oxidation sites excluding steroid dienone is 2. The maximum Gasteiger partial charge on any atom is 0.348 e. The van der Waals surface area contributed by atoms with E-state index in [2.05, 4.69) is 24.8 Å². The van der Waals surface area contributed by atoms with Crippen molar-refractivity contribution in [3.05, 3.63) is 27.5 Å². The molecule has 1 aromatic heterocycles. The number of amides is 1. The first-order valence-corrected chi connectivity index (χ1v) is 14.9. The Labute approximate surface area is 226 Å². The summed E-state index contributed by atoms with van der Waals surface area (Å²) in [7, 11) is 0. The average Bonchev–Trinajstić information content (AvgIpc) is 3.53. The SMILES string of the molecule is CC1=CC[C@H](C(=O)N(c2cc(C#CC(C)(C)C)sc2C(=O)O)[C@H]2CC[C@H](COC3CCCC3)CC2)CC1. The first-order valence-electron chi connectivity index (χ1n) is 14.1. The molecule has 202 valence electrons. The third-order valence-electron chi connectivity index (χ3n) is 8.00. The first-order chi connectivity index (χ1) is 17.6. The summed E-state index contributed by atoms with van der Waals surface area (Å²) < 4.78 is 6.21. The summed E-state index contributed by atoms with van der Waals surface area (Å²) in [6, 6.07) is 1.86. The Hall–Kier alpha value is -2.10. The van der Waals surface area contributed by atoms with Gasteiger partial charge in [-0.2, -0.15) is 0 Å². The van der Waals surface area contributed by atoms with Gasteiger partial charge in [-0.1, -0.05) is 36.3 Å². The highest BCUT2D eigenvalue weighted by molar-refractivity contribution is 7.15. The van der Waals surface area contributed by atoms with Gasteiger partial charge in [0.25, 0.3) is 0 Å². The van der Waals surface area contributed by atoms with Gasteiger partial charge in [0.05, 0.1) is 16.7 Å². The Bertz CT molecular complexity index is 1060. The van der Waals surface area contributed by atoms with E-state index in [9.17, 15) is 14.7 Å². The van der Waals surface area contributed by atoms with Crippen LogP contribution < -0.4 is 4.90 Å². The summed E-state index contributed by atoms with van der Waals surface area (Å²) in [6.07, 6.45) is 13.8. The quantitative estimate of drug-likeness (QED) is 0.297. The monoisotopic (exact) mass is 525 g/mol. The van der Waals surface area contributed by atoms with Gasteiger partial charge in [0, 0.05) is 24.0 Å². The lowest BCUT2D eigenvalue weighted by Crippen LogP contribution is -2.46. The average molecular weight is 526 g/mol. The third-order valence-corrected chi connectivity index (χ3v) is 9.03. The Kier molecular flexibility index (Phi) is 9.19. The Morgan fingerprint density at radius 1 is 1.11 bits per heavy atom. The van der Waals surface area contributed by atoms with Crippen LogP contribution in [0.2, 0.25) is 0 Å². The van der Waals surface area contributed by atoms with E-state index < -0.39 is 5.97 Å². The zero-order chi connectivity index (χ0) is 26.6. The van der Waals surface area contributed by atoms with Crippen molar-refractivity contribution < 1.29 is 19.4 Å². The van der Waals surface area contributed by atoms with E-state index in [4.69, 9.17) is 4.74 Å². The largest absolute Gasteiger partial charge is 0.477 e. The van der Waals surface area contributed by atoms with E-state index in [1.807, 2.05) is 31.7 Å². The number of carbonyl (C=O) groups is 2. The molecule has 1 N–H and O–H groups in total. The van der Waals surface area contributed by atoms with Crippen molar-refractivity contribution >= 4 is 28.9 Å². The number of carboxylic acid groups (broad SMARTS) is 1. The summed E-state index contributed by atoms with van der Waals surface area (Å²) in [4.78, 5) is 29.2. The third kappa shape index (κ3) is 7.48. The lowest BCUT2D eigenvalue weighted by molar-refractivity contribution is -0.123. The van der Waals surface area contributed by atoms with E-state index in [1.54, 1.807) is 0 Å². The van der Waals surface area contributed by atoms with Crippen LogP contribution in [0.3, 0.4) is 0 Å². The minimum Gasteiger partial charge on any atom is -0.477 e. The molecule has 3 aliphatic carbocycles. The second-order valence-electron chi connectivity index (χ2n) is 12.3. The molecule has 6 heteroatoms. The van der Waals surface area contributed by atoms with E-state index >= 15 is 0 Å². The fourth-order valence-corrected chi connectivity index (χ4v) is 6.64. The molecular weight excluding hydrogens is 482 g/mol. The van der Waals surface area contributed by atoms with Gasteiger partial charge in [0.1, 0.15) is 4.88 Å². The van der Waals surface area contributed by atoms with Crippen LogP contribution in [0, 0.1) is 29.1 Å². The van der Waals surface area contributed by atoms with Gasteiger partial charge in [-0.25, -0.2) is 4.79 Å². The summed E-state index contributed by atoms with van der Waals surface area (Å²) in [5.41, 5.74) is 1.69. The Morgan fingerprint density at radius 2 is 1.81 bits per heavy atom. The number of rotatable bonds is 7. The summed E-state index contributed by atoms with van der Waals surface area (Å²) >= 11 is 1.19. The van der Waals surface area contributed by atoms with Crippen LogP contribution in [0.1, 0.15) is 113 Å². The number of aromatic carboxylic acids is 1. The highest BCUT2D eigenvalue weighted by atomic mass is 32.1. The molecule has 0 unspecified atom stereocenters. The maximum absolute atomic E-state index is 14.0. The minimum atomic E-state index is -0.986. The molecule has 5 nitrogen and oxygen atoms in total. The van der Waals surface area contributed by atoms with E-state index in [0.717, 1.165) is 51.6 Å². The highest BCUT2D eigenvalue weighted by Crippen LogP contribution is 2.39. The van der Waals surface area contributed by atoms with Crippen molar-refractivity contribution in [3.63, 3.8) is 0 Å². The van der Waals surface area contributed by atoms with Gasteiger partial charge < -0.3 is 14.7 Å². The zero-order valence-corrected chi connectivity index (χ0v) is 23.8. The Morgan fingerprint density at radius 3 is 2.41 bits per heavy atom. The molecule has 0 radical (unpaired) electrons. The normalized spacial score (nSPS) is 24.8. The molecular formula is C31H43NO4S. The second kappa shape index (κ2) is 12.2. The molecule has 0 aliphatic heterocycles. The molecule has 1 heterocycles. The molecule has 0 spiro atoms. The van der Waals surface area contributed by atoms with Gasteiger partial charge in [0.2, 0.25) is 5.91 Å². The fraction of sp³-hybridized carbons (Fsp3) is 0.677. The fourth-order valence-electron chi connectivity index (χ4n) is 5.80. The molecule has 2 fully saturated rings. The van der Waals surface area contributed by atoms with Crippen molar-refractivity contribution in [3.8, 4) is 11.8 Å². The van der Waals surface area contributed by atoms with Gasteiger partial charge in [-0.15, -0.1) is 11.3 Å². The molecule has 37 heavy (non-hydrogen) atoms. The minimum absolute atomic E-state index is 0.0124.